The van der Waals surface area contributed by atoms with E-state index in [1.165, 1.54) is 11.3 Å². The summed E-state index contributed by atoms with van der Waals surface area (Å²) in [6.07, 6.45) is 1.66. The lowest BCUT2D eigenvalue weighted by molar-refractivity contribution is 0.0531. The molecule has 0 unspecified atom stereocenters. The summed E-state index contributed by atoms with van der Waals surface area (Å²) in [6.45, 7) is 4.24. The zero-order valence-corrected chi connectivity index (χ0v) is 17.6. The Kier molecular flexibility index (Phi) is 7.21. The Morgan fingerprint density at radius 1 is 1.28 bits per heavy atom. The van der Waals surface area contributed by atoms with Crippen LogP contribution in [0, 0.1) is 6.92 Å². The molecule has 8 heteroatoms. The highest BCUT2D eigenvalue weighted by Gasteiger charge is 2.15. The van der Waals surface area contributed by atoms with Gasteiger partial charge in [0.2, 0.25) is 5.13 Å². The summed E-state index contributed by atoms with van der Waals surface area (Å²) in [4.78, 5) is 16.6. The molecule has 0 atom stereocenters. The van der Waals surface area contributed by atoms with Crippen LogP contribution in [0.4, 0.5) is 5.13 Å². The molecule has 0 aliphatic rings. The molecule has 0 bridgehead atoms. The van der Waals surface area contributed by atoms with Crippen LogP contribution in [-0.2, 0) is 11.3 Å². The number of nitrogens with zero attached hydrogens (tertiary/aromatic N) is 2. The molecule has 2 aromatic carbocycles. The molecule has 0 saturated carbocycles. The van der Waals surface area contributed by atoms with E-state index in [4.69, 9.17) is 21.1 Å². The Morgan fingerprint density at radius 3 is 2.90 bits per heavy atom. The second kappa shape index (κ2) is 10.0. The largest absolute Gasteiger partial charge is 0.489 e. The molecule has 0 saturated heterocycles. The van der Waals surface area contributed by atoms with Gasteiger partial charge in [-0.3, -0.25) is 5.43 Å². The quantitative estimate of drug-likeness (QED) is 0.298. The van der Waals surface area contributed by atoms with Crippen LogP contribution in [0.3, 0.4) is 0 Å². The third kappa shape index (κ3) is 5.79. The lowest BCUT2D eigenvalue weighted by atomic mass is 10.2. The van der Waals surface area contributed by atoms with E-state index in [-0.39, 0.29) is 5.97 Å². The van der Waals surface area contributed by atoms with Crippen molar-refractivity contribution in [2.24, 2.45) is 5.10 Å². The van der Waals surface area contributed by atoms with E-state index in [1.807, 2.05) is 48.5 Å². The normalized spacial score (nSPS) is 10.9. The van der Waals surface area contributed by atoms with Gasteiger partial charge in [-0.1, -0.05) is 53.3 Å². The summed E-state index contributed by atoms with van der Waals surface area (Å²) >= 11 is 7.36. The molecule has 1 aromatic heterocycles. The predicted molar refractivity (Wildman–Crippen MR) is 116 cm³/mol. The van der Waals surface area contributed by atoms with Crippen molar-refractivity contribution in [2.75, 3.05) is 12.0 Å². The first-order chi connectivity index (χ1) is 14.1. The van der Waals surface area contributed by atoms with E-state index in [2.05, 4.69) is 15.5 Å². The van der Waals surface area contributed by atoms with Crippen molar-refractivity contribution in [1.29, 1.82) is 0 Å². The zero-order chi connectivity index (χ0) is 20.6. The van der Waals surface area contributed by atoms with Crippen LogP contribution in [0.1, 0.15) is 33.4 Å². The maximum absolute atomic E-state index is 11.9. The molecule has 1 N–H and O–H groups in total. The number of carbonyl (C=O) groups is 1. The van der Waals surface area contributed by atoms with Gasteiger partial charge in [0, 0.05) is 10.6 Å². The number of hydrogen-bond donors (Lipinski definition) is 1. The van der Waals surface area contributed by atoms with Crippen molar-refractivity contribution >= 4 is 40.3 Å². The molecule has 1 heterocycles. The monoisotopic (exact) mass is 429 g/mol. The van der Waals surface area contributed by atoms with E-state index in [0.717, 1.165) is 11.1 Å². The fourth-order valence-electron chi connectivity index (χ4n) is 2.45. The fourth-order valence-corrected chi connectivity index (χ4v) is 3.45. The Bertz CT molecular complexity index is 1020. The van der Waals surface area contributed by atoms with E-state index < -0.39 is 0 Å². The average molecular weight is 430 g/mol. The zero-order valence-electron chi connectivity index (χ0n) is 16.0. The number of aryl methyl sites for hydroxylation is 1. The van der Waals surface area contributed by atoms with Gasteiger partial charge < -0.3 is 9.47 Å². The van der Waals surface area contributed by atoms with Gasteiger partial charge in [-0.05, 0) is 37.6 Å². The number of aromatic nitrogens is 1. The Morgan fingerprint density at radius 2 is 2.10 bits per heavy atom. The molecule has 0 amide bonds. The van der Waals surface area contributed by atoms with Crippen molar-refractivity contribution in [3.05, 3.63) is 75.3 Å². The lowest BCUT2D eigenvalue weighted by Crippen LogP contribution is -2.03. The average Bonchev–Trinajstić information content (AvgIpc) is 3.08. The molecule has 3 aromatic rings. The van der Waals surface area contributed by atoms with Crippen molar-refractivity contribution in [2.45, 2.75) is 20.5 Å². The van der Waals surface area contributed by atoms with Gasteiger partial charge in [-0.15, -0.1) is 0 Å². The van der Waals surface area contributed by atoms with Crippen LogP contribution in [0.15, 0.2) is 53.6 Å². The first-order valence-electron chi connectivity index (χ1n) is 8.96. The standard InChI is InChI=1S/C21H20ClN3O3S/c1-3-27-20(26)19-14(2)24-21(29-19)25-23-12-15-7-6-9-17(11-15)28-13-16-8-4-5-10-18(16)22/h4-12H,3,13H2,1-2H3,(H,24,25)/b23-12+. The molecule has 0 spiro atoms. The highest BCUT2D eigenvalue weighted by Crippen LogP contribution is 2.23. The highest BCUT2D eigenvalue weighted by molar-refractivity contribution is 7.17. The number of ether oxygens (including phenoxy) is 2. The first-order valence-corrected chi connectivity index (χ1v) is 10.2. The predicted octanol–water partition coefficient (Wildman–Crippen LogP) is 5.31. The third-order valence-electron chi connectivity index (χ3n) is 3.84. The minimum Gasteiger partial charge on any atom is -0.489 e. The summed E-state index contributed by atoms with van der Waals surface area (Å²) in [5, 5.41) is 5.39. The van der Waals surface area contributed by atoms with Gasteiger partial charge in [0.15, 0.2) is 0 Å². The van der Waals surface area contributed by atoms with Gasteiger partial charge in [0.05, 0.1) is 18.5 Å². The van der Waals surface area contributed by atoms with Gasteiger partial charge in [0.25, 0.3) is 0 Å². The summed E-state index contributed by atoms with van der Waals surface area (Å²) in [6, 6.07) is 15.1. The van der Waals surface area contributed by atoms with Crippen molar-refractivity contribution in [3.8, 4) is 5.75 Å². The van der Waals surface area contributed by atoms with Crippen LogP contribution in [-0.4, -0.2) is 23.8 Å². The smallest absolute Gasteiger partial charge is 0.350 e. The van der Waals surface area contributed by atoms with Crippen molar-refractivity contribution in [1.82, 2.24) is 4.98 Å². The number of thiazole rings is 1. The summed E-state index contributed by atoms with van der Waals surface area (Å²) in [5.41, 5.74) is 5.24. The number of hydrazone groups is 1. The van der Waals surface area contributed by atoms with Gasteiger partial charge in [0.1, 0.15) is 17.2 Å². The molecule has 0 radical (unpaired) electrons. The molecule has 0 aliphatic carbocycles. The Hall–Kier alpha value is -2.90. The number of esters is 1. The summed E-state index contributed by atoms with van der Waals surface area (Å²) < 4.78 is 10.8. The molecule has 29 heavy (non-hydrogen) atoms. The second-order valence-corrected chi connectivity index (χ2v) is 7.38. The summed E-state index contributed by atoms with van der Waals surface area (Å²) in [5.74, 6) is 0.339. The maximum atomic E-state index is 11.9. The van der Waals surface area contributed by atoms with Gasteiger partial charge in [-0.2, -0.15) is 5.10 Å². The Balaban J connectivity index is 1.60. The highest BCUT2D eigenvalue weighted by atomic mass is 35.5. The van der Waals surface area contributed by atoms with Gasteiger partial charge in [-0.25, -0.2) is 9.78 Å². The SMILES string of the molecule is CCOC(=O)c1sc(N/N=C/c2cccc(OCc3ccccc3Cl)c2)nc1C. The molecular weight excluding hydrogens is 410 g/mol. The van der Waals surface area contributed by atoms with Crippen LogP contribution < -0.4 is 10.2 Å². The first kappa shape index (κ1) is 20.8. The number of hydrogen-bond acceptors (Lipinski definition) is 7. The number of carbonyl (C=O) groups excluding carboxylic acids is 1. The number of anilines is 1. The number of benzene rings is 2. The van der Waals surface area contributed by atoms with E-state index in [1.54, 1.807) is 20.1 Å². The Labute approximate surface area is 178 Å². The van der Waals surface area contributed by atoms with Crippen LogP contribution in [0.2, 0.25) is 5.02 Å². The van der Waals surface area contributed by atoms with Crippen LogP contribution in [0.5, 0.6) is 5.75 Å². The summed E-state index contributed by atoms with van der Waals surface area (Å²) in [7, 11) is 0. The third-order valence-corrected chi connectivity index (χ3v) is 5.25. The maximum Gasteiger partial charge on any atom is 0.350 e. The number of rotatable bonds is 8. The van der Waals surface area contributed by atoms with E-state index in [0.29, 0.717) is 39.7 Å². The minimum atomic E-state index is -0.372. The van der Waals surface area contributed by atoms with E-state index >= 15 is 0 Å². The molecule has 150 valence electrons. The topological polar surface area (TPSA) is 72.8 Å². The van der Waals surface area contributed by atoms with Crippen LogP contribution in [0.25, 0.3) is 0 Å². The van der Waals surface area contributed by atoms with Crippen molar-refractivity contribution in [3.63, 3.8) is 0 Å². The van der Waals surface area contributed by atoms with E-state index in [9.17, 15) is 4.79 Å². The number of halogens is 1. The molecule has 0 fully saturated rings. The second-order valence-electron chi connectivity index (χ2n) is 5.98. The molecule has 3 rings (SSSR count). The lowest BCUT2D eigenvalue weighted by Gasteiger charge is -2.08. The van der Waals surface area contributed by atoms with Crippen molar-refractivity contribution < 1.29 is 14.3 Å². The number of nitrogens with one attached hydrogen (secondary N) is 1. The minimum absolute atomic E-state index is 0.325. The molecular formula is C21H20ClN3O3S. The van der Waals surface area contributed by atoms with Crippen LogP contribution >= 0.6 is 22.9 Å². The molecule has 6 nitrogen and oxygen atoms in total. The molecule has 0 aliphatic heterocycles. The van der Waals surface area contributed by atoms with Gasteiger partial charge >= 0.3 is 5.97 Å². The fraction of sp³-hybridized carbons (Fsp3) is 0.190.